The predicted molar refractivity (Wildman–Crippen MR) is 99.4 cm³/mol. The van der Waals surface area contributed by atoms with E-state index in [1.807, 2.05) is 39.0 Å². The third-order valence-electron chi connectivity index (χ3n) is 4.63. The standard InChI is InChI=1S/C19H16ClN5O/c1-11-21-8-13(9-22-11)12-4-5-15-16(6-12)25(18(26)19(15,2)3)14-7-17(20)24-23-10-14/h4-10H,1-3H3. The molecule has 3 aromatic rings. The number of hydrogen-bond acceptors (Lipinski definition) is 5. The van der Waals surface area contributed by atoms with Gasteiger partial charge >= 0.3 is 0 Å². The lowest BCUT2D eigenvalue weighted by Gasteiger charge is -2.20. The molecule has 0 saturated heterocycles. The van der Waals surface area contributed by atoms with Crippen molar-refractivity contribution in [2.45, 2.75) is 26.2 Å². The maximum absolute atomic E-state index is 13.1. The minimum atomic E-state index is -0.645. The molecule has 1 aliphatic heterocycles. The van der Waals surface area contributed by atoms with E-state index in [1.54, 1.807) is 23.4 Å². The van der Waals surface area contributed by atoms with E-state index < -0.39 is 5.41 Å². The fraction of sp³-hybridized carbons (Fsp3) is 0.211. The number of rotatable bonds is 2. The number of benzene rings is 1. The summed E-state index contributed by atoms with van der Waals surface area (Å²) in [6.07, 6.45) is 5.10. The first-order chi connectivity index (χ1) is 12.4. The average Bonchev–Trinajstić information content (AvgIpc) is 2.81. The van der Waals surface area contributed by atoms with Gasteiger partial charge in [-0.05, 0) is 38.0 Å². The fourth-order valence-electron chi connectivity index (χ4n) is 3.18. The molecule has 6 nitrogen and oxygen atoms in total. The van der Waals surface area contributed by atoms with Gasteiger partial charge in [-0.1, -0.05) is 23.7 Å². The number of aryl methyl sites for hydroxylation is 1. The lowest BCUT2D eigenvalue weighted by atomic mass is 9.85. The van der Waals surface area contributed by atoms with Gasteiger partial charge in [0, 0.05) is 24.0 Å². The molecule has 0 N–H and O–H groups in total. The number of anilines is 2. The number of carbonyl (C=O) groups is 1. The Bertz CT molecular complexity index is 1020. The molecular weight excluding hydrogens is 350 g/mol. The number of amides is 1. The van der Waals surface area contributed by atoms with Crippen LogP contribution < -0.4 is 4.90 Å². The number of fused-ring (bicyclic) bond motifs is 1. The van der Waals surface area contributed by atoms with Crippen LogP contribution in [-0.4, -0.2) is 26.1 Å². The van der Waals surface area contributed by atoms with Gasteiger partial charge in [0.25, 0.3) is 0 Å². The second kappa shape index (κ2) is 5.85. The summed E-state index contributed by atoms with van der Waals surface area (Å²) in [6, 6.07) is 7.59. The fourth-order valence-corrected chi connectivity index (χ4v) is 3.34. The number of carbonyl (C=O) groups excluding carboxylic acids is 1. The molecule has 0 radical (unpaired) electrons. The number of nitrogens with zero attached hydrogens (tertiary/aromatic N) is 5. The SMILES string of the molecule is Cc1ncc(-c2ccc3c(c2)N(c2cnnc(Cl)c2)C(=O)C3(C)C)cn1. The highest BCUT2D eigenvalue weighted by molar-refractivity contribution is 6.29. The van der Waals surface area contributed by atoms with Crippen molar-refractivity contribution >= 4 is 28.9 Å². The van der Waals surface area contributed by atoms with Gasteiger partial charge in [0.1, 0.15) is 5.82 Å². The lowest BCUT2D eigenvalue weighted by Crippen LogP contribution is -2.33. The van der Waals surface area contributed by atoms with Crippen molar-refractivity contribution in [1.82, 2.24) is 20.2 Å². The molecule has 3 heterocycles. The molecule has 1 aromatic carbocycles. The topological polar surface area (TPSA) is 71.9 Å². The summed E-state index contributed by atoms with van der Waals surface area (Å²) < 4.78 is 0. The summed E-state index contributed by atoms with van der Waals surface area (Å²) >= 11 is 5.98. The Morgan fingerprint density at radius 3 is 2.46 bits per heavy atom. The van der Waals surface area contributed by atoms with E-state index in [9.17, 15) is 4.79 Å². The highest BCUT2D eigenvalue weighted by atomic mass is 35.5. The van der Waals surface area contributed by atoms with Crippen molar-refractivity contribution in [3.8, 4) is 11.1 Å². The van der Waals surface area contributed by atoms with E-state index in [1.165, 1.54) is 6.20 Å². The molecular formula is C19H16ClN5O. The zero-order valence-corrected chi connectivity index (χ0v) is 15.3. The normalized spacial score (nSPS) is 15.2. The monoisotopic (exact) mass is 365 g/mol. The van der Waals surface area contributed by atoms with E-state index in [2.05, 4.69) is 20.2 Å². The van der Waals surface area contributed by atoms with Crippen LogP contribution in [0.25, 0.3) is 11.1 Å². The van der Waals surface area contributed by atoms with Crippen LogP contribution in [-0.2, 0) is 10.2 Å². The van der Waals surface area contributed by atoms with Gasteiger partial charge in [-0.25, -0.2) is 9.97 Å². The lowest BCUT2D eigenvalue weighted by molar-refractivity contribution is -0.121. The van der Waals surface area contributed by atoms with Crippen LogP contribution in [0.3, 0.4) is 0 Å². The Balaban J connectivity index is 1.89. The first-order valence-electron chi connectivity index (χ1n) is 8.14. The van der Waals surface area contributed by atoms with E-state index in [0.29, 0.717) is 11.5 Å². The average molecular weight is 366 g/mol. The predicted octanol–water partition coefficient (Wildman–Crippen LogP) is 3.85. The maximum atomic E-state index is 13.1. The highest BCUT2D eigenvalue weighted by Gasteiger charge is 2.44. The molecule has 7 heteroatoms. The molecule has 0 atom stereocenters. The first-order valence-corrected chi connectivity index (χ1v) is 8.52. The van der Waals surface area contributed by atoms with Crippen molar-refractivity contribution < 1.29 is 4.79 Å². The van der Waals surface area contributed by atoms with Crippen molar-refractivity contribution in [3.63, 3.8) is 0 Å². The molecule has 26 heavy (non-hydrogen) atoms. The highest BCUT2D eigenvalue weighted by Crippen LogP contribution is 2.46. The molecule has 1 aliphatic rings. The van der Waals surface area contributed by atoms with Crippen molar-refractivity contribution in [2.24, 2.45) is 0 Å². The molecule has 0 aliphatic carbocycles. The van der Waals surface area contributed by atoms with Gasteiger partial charge in [-0.2, -0.15) is 5.10 Å². The molecule has 0 fully saturated rings. The molecule has 0 spiro atoms. The van der Waals surface area contributed by atoms with E-state index in [-0.39, 0.29) is 11.1 Å². The van der Waals surface area contributed by atoms with Crippen molar-refractivity contribution in [2.75, 3.05) is 4.90 Å². The van der Waals surface area contributed by atoms with Crippen molar-refractivity contribution in [1.29, 1.82) is 0 Å². The smallest absolute Gasteiger partial charge is 0.241 e. The van der Waals surface area contributed by atoms with E-state index >= 15 is 0 Å². The van der Waals surface area contributed by atoms with Gasteiger partial charge < -0.3 is 0 Å². The Morgan fingerprint density at radius 1 is 1.04 bits per heavy atom. The summed E-state index contributed by atoms with van der Waals surface area (Å²) in [5.74, 6) is 0.680. The van der Waals surface area contributed by atoms with Crippen LogP contribution in [0.2, 0.25) is 5.15 Å². The summed E-state index contributed by atoms with van der Waals surface area (Å²) in [4.78, 5) is 23.3. The van der Waals surface area contributed by atoms with Crippen LogP contribution in [0.5, 0.6) is 0 Å². The summed E-state index contributed by atoms with van der Waals surface area (Å²) in [5.41, 5.74) is 3.54. The second-order valence-corrected chi connectivity index (χ2v) is 7.14. The van der Waals surface area contributed by atoms with Crippen LogP contribution in [0, 0.1) is 6.92 Å². The third kappa shape index (κ3) is 2.54. The maximum Gasteiger partial charge on any atom is 0.241 e. The zero-order valence-electron chi connectivity index (χ0n) is 14.6. The van der Waals surface area contributed by atoms with E-state index in [4.69, 9.17) is 11.6 Å². The van der Waals surface area contributed by atoms with Gasteiger partial charge in [-0.15, -0.1) is 5.10 Å². The molecule has 130 valence electrons. The Kier molecular flexibility index (Phi) is 3.73. The minimum Gasteiger partial charge on any atom is -0.278 e. The summed E-state index contributed by atoms with van der Waals surface area (Å²) in [5, 5.41) is 7.88. The molecule has 4 rings (SSSR count). The van der Waals surface area contributed by atoms with Gasteiger partial charge in [0.2, 0.25) is 5.91 Å². The summed E-state index contributed by atoms with van der Waals surface area (Å²) in [6.45, 7) is 5.67. The second-order valence-electron chi connectivity index (χ2n) is 6.75. The quantitative estimate of drug-likeness (QED) is 0.689. The van der Waals surface area contributed by atoms with Gasteiger partial charge in [-0.3, -0.25) is 9.69 Å². The third-order valence-corrected chi connectivity index (χ3v) is 4.82. The van der Waals surface area contributed by atoms with E-state index in [0.717, 1.165) is 22.4 Å². The first kappa shape index (κ1) is 16.6. The zero-order chi connectivity index (χ0) is 18.5. The van der Waals surface area contributed by atoms with Crippen LogP contribution >= 0.6 is 11.6 Å². The Morgan fingerprint density at radius 2 is 1.77 bits per heavy atom. The largest absolute Gasteiger partial charge is 0.278 e. The van der Waals surface area contributed by atoms with Crippen molar-refractivity contribution in [3.05, 3.63) is 59.4 Å². The van der Waals surface area contributed by atoms with Gasteiger partial charge in [0.05, 0.1) is 23.0 Å². The minimum absolute atomic E-state index is 0.0335. The molecule has 2 aromatic heterocycles. The Hall–Kier alpha value is -2.86. The number of hydrogen-bond donors (Lipinski definition) is 0. The van der Waals surface area contributed by atoms with Crippen LogP contribution in [0.1, 0.15) is 25.2 Å². The summed E-state index contributed by atoms with van der Waals surface area (Å²) in [7, 11) is 0. The molecule has 0 saturated carbocycles. The number of aromatic nitrogens is 4. The van der Waals surface area contributed by atoms with Gasteiger partial charge in [0.15, 0.2) is 5.15 Å². The van der Waals surface area contributed by atoms with Crippen LogP contribution in [0.15, 0.2) is 42.9 Å². The molecule has 0 bridgehead atoms. The molecule has 0 unspecified atom stereocenters. The molecule has 1 amide bonds. The number of halogens is 1. The Labute approximate surface area is 155 Å². The van der Waals surface area contributed by atoms with Crippen LogP contribution in [0.4, 0.5) is 11.4 Å².